The molecule has 1 amide bonds. The molecule has 2 aromatic carbocycles. The highest BCUT2D eigenvalue weighted by atomic mass is 16.6. The van der Waals surface area contributed by atoms with Gasteiger partial charge >= 0.3 is 0 Å². The second-order valence-corrected chi connectivity index (χ2v) is 7.78. The van der Waals surface area contributed by atoms with Crippen molar-refractivity contribution in [2.24, 2.45) is 7.05 Å². The second kappa shape index (κ2) is 9.11. The van der Waals surface area contributed by atoms with Gasteiger partial charge in [-0.2, -0.15) is 5.10 Å². The van der Waals surface area contributed by atoms with Crippen molar-refractivity contribution in [1.82, 2.24) is 19.3 Å². The van der Waals surface area contributed by atoms with Crippen molar-refractivity contribution in [2.75, 3.05) is 11.9 Å². The molecule has 10 heteroatoms. The average molecular weight is 448 g/mol. The monoisotopic (exact) mass is 448 g/mol. The fourth-order valence-electron chi connectivity index (χ4n) is 3.67. The summed E-state index contributed by atoms with van der Waals surface area (Å²) in [7, 11) is 1.97. The lowest BCUT2D eigenvalue weighted by Crippen LogP contribution is -2.20. The van der Waals surface area contributed by atoms with Crippen molar-refractivity contribution in [2.45, 2.75) is 26.8 Å². The molecule has 0 saturated carbocycles. The summed E-state index contributed by atoms with van der Waals surface area (Å²) < 4.78 is 9.43. The molecule has 10 nitrogen and oxygen atoms in total. The van der Waals surface area contributed by atoms with E-state index >= 15 is 0 Å². The van der Waals surface area contributed by atoms with E-state index in [0.29, 0.717) is 11.4 Å². The molecule has 0 bridgehead atoms. The van der Waals surface area contributed by atoms with Crippen molar-refractivity contribution >= 4 is 28.3 Å². The number of ether oxygens (including phenoxy) is 1. The number of aryl methyl sites for hydroxylation is 5. The van der Waals surface area contributed by atoms with E-state index in [2.05, 4.69) is 16.5 Å². The number of benzene rings is 2. The molecule has 4 aromatic rings. The quantitative estimate of drug-likeness (QED) is 0.325. The number of nitro groups is 1. The van der Waals surface area contributed by atoms with Crippen LogP contribution in [-0.2, 0) is 24.8 Å². The number of carbonyl (C=O) groups excluding carboxylic acids is 1. The normalized spacial score (nSPS) is 11.0. The molecule has 1 N–H and O–H groups in total. The first-order valence-electron chi connectivity index (χ1n) is 10.4. The van der Waals surface area contributed by atoms with Crippen molar-refractivity contribution in [3.05, 3.63) is 75.9 Å². The molecule has 0 aliphatic rings. The zero-order valence-electron chi connectivity index (χ0n) is 18.6. The van der Waals surface area contributed by atoms with Crippen LogP contribution in [-0.4, -0.2) is 36.8 Å². The van der Waals surface area contributed by atoms with Crippen LogP contribution in [0.4, 0.5) is 11.4 Å². The fraction of sp³-hybridized carbons (Fsp3) is 0.261. The number of hydrogen-bond acceptors (Lipinski definition) is 6. The van der Waals surface area contributed by atoms with Crippen molar-refractivity contribution < 1.29 is 14.5 Å². The van der Waals surface area contributed by atoms with Gasteiger partial charge in [-0.1, -0.05) is 0 Å². The minimum atomic E-state index is -0.491. The largest absolute Gasteiger partial charge is 0.484 e. The average Bonchev–Trinajstić information content (AvgIpc) is 3.28. The number of carbonyl (C=O) groups is 1. The number of non-ortho nitro benzene ring substituents is 1. The molecule has 2 aromatic heterocycles. The van der Waals surface area contributed by atoms with Gasteiger partial charge in [0.2, 0.25) is 0 Å². The van der Waals surface area contributed by atoms with E-state index in [4.69, 9.17) is 9.72 Å². The first-order valence-corrected chi connectivity index (χ1v) is 10.4. The lowest BCUT2D eigenvalue weighted by molar-refractivity contribution is -0.384. The van der Waals surface area contributed by atoms with Crippen molar-refractivity contribution in [1.29, 1.82) is 0 Å². The van der Waals surface area contributed by atoms with Crippen LogP contribution in [0.3, 0.4) is 0 Å². The summed E-state index contributed by atoms with van der Waals surface area (Å²) in [6.07, 6.45) is 0.734. The Morgan fingerprint density at radius 3 is 2.58 bits per heavy atom. The van der Waals surface area contributed by atoms with Gasteiger partial charge in [0.05, 0.1) is 21.7 Å². The SMILES string of the molecule is Cc1cc(C)n(CCc2nc3cc(NC(=O)COc4ccc([N+](=O)[O-])cc4)ccc3n2C)n1. The smallest absolute Gasteiger partial charge is 0.269 e. The molecule has 0 spiro atoms. The number of nitrogens with zero attached hydrogens (tertiary/aromatic N) is 5. The maximum absolute atomic E-state index is 12.3. The number of nitrogens with one attached hydrogen (secondary N) is 1. The Kier molecular flexibility index (Phi) is 6.07. The topological polar surface area (TPSA) is 117 Å². The van der Waals surface area contributed by atoms with Gasteiger partial charge in [0.1, 0.15) is 11.6 Å². The number of amides is 1. The van der Waals surface area contributed by atoms with Crippen LogP contribution in [0, 0.1) is 24.0 Å². The van der Waals surface area contributed by atoms with Gasteiger partial charge in [0.15, 0.2) is 6.61 Å². The highest BCUT2D eigenvalue weighted by molar-refractivity contribution is 5.94. The molecule has 0 saturated heterocycles. The zero-order chi connectivity index (χ0) is 23.5. The van der Waals surface area contributed by atoms with E-state index in [1.165, 1.54) is 24.3 Å². The minimum Gasteiger partial charge on any atom is -0.484 e. The Morgan fingerprint density at radius 2 is 1.91 bits per heavy atom. The molecule has 0 atom stereocenters. The summed E-state index contributed by atoms with van der Waals surface area (Å²) in [5.74, 6) is 0.971. The minimum absolute atomic E-state index is 0.0373. The highest BCUT2D eigenvalue weighted by Gasteiger charge is 2.12. The van der Waals surface area contributed by atoms with E-state index < -0.39 is 4.92 Å². The molecule has 4 rings (SSSR count). The number of anilines is 1. The van der Waals surface area contributed by atoms with E-state index in [9.17, 15) is 14.9 Å². The van der Waals surface area contributed by atoms with Crippen LogP contribution in [0.1, 0.15) is 17.2 Å². The second-order valence-electron chi connectivity index (χ2n) is 7.78. The standard InChI is InChI=1S/C23H24N6O4/c1-15-12-16(2)28(26-15)11-10-22-25-20-13-17(4-9-21(20)27(22)3)24-23(30)14-33-19-7-5-18(6-8-19)29(31)32/h4-9,12-13H,10-11,14H2,1-3H3,(H,24,30). The van der Waals surface area contributed by atoms with Gasteiger partial charge in [-0.15, -0.1) is 0 Å². The van der Waals surface area contributed by atoms with Crippen molar-refractivity contribution in [3.63, 3.8) is 0 Å². The molecule has 0 fully saturated rings. The van der Waals surface area contributed by atoms with E-state index in [1.807, 2.05) is 48.3 Å². The van der Waals surface area contributed by atoms with Gasteiger partial charge in [-0.05, 0) is 50.2 Å². The Hall–Kier alpha value is -4.21. The molecule has 170 valence electrons. The van der Waals surface area contributed by atoms with Gasteiger partial charge in [0, 0.05) is 43.5 Å². The molecule has 0 aliphatic carbocycles. The number of fused-ring (bicyclic) bond motifs is 1. The van der Waals surface area contributed by atoms with Gasteiger partial charge < -0.3 is 14.6 Å². The van der Waals surface area contributed by atoms with E-state index in [1.54, 1.807) is 0 Å². The molecule has 0 aliphatic heterocycles. The summed E-state index contributed by atoms with van der Waals surface area (Å²) >= 11 is 0. The maximum atomic E-state index is 12.3. The number of aromatic nitrogens is 4. The number of rotatable bonds is 8. The summed E-state index contributed by atoms with van der Waals surface area (Å²) in [5, 5.41) is 18.0. The van der Waals surface area contributed by atoms with Gasteiger partial charge in [-0.25, -0.2) is 4.98 Å². The fourth-order valence-corrected chi connectivity index (χ4v) is 3.67. The lowest BCUT2D eigenvalue weighted by atomic mass is 10.2. The third kappa shape index (κ3) is 5.00. The molecule has 33 heavy (non-hydrogen) atoms. The Bertz CT molecular complexity index is 1320. The third-order valence-corrected chi connectivity index (χ3v) is 5.33. The number of nitro benzene ring substituents is 1. The lowest BCUT2D eigenvalue weighted by Gasteiger charge is -2.07. The summed E-state index contributed by atoms with van der Waals surface area (Å²) in [4.78, 5) is 27.2. The van der Waals surface area contributed by atoms with Crippen LogP contribution < -0.4 is 10.1 Å². The van der Waals surface area contributed by atoms with Crippen LogP contribution >= 0.6 is 0 Å². The van der Waals surface area contributed by atoms with Crippen LogP contribution in [0.5, 0.6) is 5.75 Å². The van der Waals surface area contributed by atoms with Crippen LogP contribution in [0.15, 0.2) is 48.5 Å². The third-order valence-electron chi connectivity index (χ3n) is 5.33. The van der Waals surface area contributed by atoms with Crippen LogP contribution in [0.25, 0.3) is 11.0 Å². The predicted octanol–water partition coefficient (Wildman–Crippen LogP) is 3.56. The van der Waals surface area contributed by atoms with Crippen LogP contribution in [0.2, 0.25) is 0 Å². The van der Waals surface area contributed by atoms with Crippen molar-refractivity contribution in [3.8, 4) is 5.75 Å². The highest BCUT2D eigenvalue weighted by Crippen LogP contribution is 2.21. The van der Waals surface area contributed by atoms with E-state index in [0.717, 1.165) is 41.2 Å². The van der Waals surface area contributed by atoms with E-state index in [-0.39, 0.29) is 18.2 Å². The molecule has 0 unspecified atom stereocenters. The Labute approximate surface area is 190 Å². The Balaban J connectivity index is 1.38. The summed E-state index contributed by atoms with van der Waals surface area (Å²) in [6.45, 7) is 4.53. The Morgan fingerprint density at radius 1 is 1.15 bits per heavy atom. The van der Waals surface area contributed by atoms with Gasteiger partial charge in [0.25, 0.3) is 11.6 Å². The molecular weight excluding hydrogens is 424 g/mol. The first-order chi connectivity index (χ1) is 15.8. The molecular formula is C23H24N6O4. The summed E-state index contributed by atoms with van der Waals surface area (Å²) in [5.41, 5.74) is 4.45. The predicted molar refractivity (Wildman–Crippen MR) is 123 cm³/mol. The number of imidazole rings is 1. The first kappa shape index (κ1) is 22.0. The maximum Gasteiger partial charge on any atom is 0.269 e. The number of hydrogen-bond donors (Lipinski definition) is 1. The molecule has 0 radical (unpaired) electrons. The molecule has 2 heterocycles. The van der Waals surface area contributed by atoms with Gasteiger partial charge in [-0.3, -0.25) is 19.6 Å². The summed E-state index contributed by atoms with van der Waals surface area (Å²) in [6, 6.07) is 13.2. The zero-order valence-corrected chi connectivity index (χ0v) is 18.6.